The minimum atomic E-state index is -0.648. The van der Waals surface area contributed by atoms with Crippen LogP contribution in [0.2, 0.25) is 0 Å². The molecule has 0 unspecified atom stereocenters. The van der Waals surface area contributed by atoms with E-state index < -0.39 is 11.6 Å². The van der Waals surface area contributed by atoms with Crippen LogP contribution in [0.5, 0.6) is 23.0 Å². The van der Waals surface area contributed by atoms with Crippen LogP contribution in [-0.2, 0) is 45.1 Å². The molecule has 2 aliphatic rings. The van der Waals surface area contributed by atoms with Gasteiger partial charge in [-0.2, -0.15) is 0 Å². The number of aryl methyl sites for hydroxylation is 2. The van der Waals surface area contributed by atoms with Gasteiger partial charge in [0, 0.05) is 67.0 Å². The number of rotatable bonds is 21. The number of nitrogens with one attached hydrogen (secondary N) is 2. The van der Waals surface area contributed by atoms with Crippen molar-refractivity contribution < 1.29 is 42.8 Å². The average Bonchev–Trinajstić information content (AvgIpc) is 3.56. The lowest BCUT2D eigenvalue weighted by Crippen LogP contribution is -2.48. The van der Waals surface area contributed by atoms with Gasteiger partial charge in [0.1, 0.15) is 28.7 Å². The molecule has 2 fully saturated rings. The largest absolute Gasteiger partial charge is 0.497 e. The average molecular weight is 1100 g/mol. The molecule has 2 saturated heterocycles. The lowest BCUT2D eigenvalue weighted by atomic mass is 9.91. The van der Waals surface area contributed by atoms with Crippen LogP contribution >= 0.6 is 0 Å². The molecule has 0 atom stereocenters. The van der Waals surface area contributed by atoms with Crippen molar-refractivity contribution in [2.45, 2.75) is 107 Å². The Morgan fingerprint density at radius 3 is 1.11 bits per heavy atom. The Hall–Kier alpha value is -7.38. The predicted molar refractivity (Wildman–Crippen MR) is 315 cm³/mol. The molecule has 80 heavy (non-hydrogen) atoms. The SMILES string of the molecule is COc1ccc(CN(Cc2ccc(OC)cc2)c2nc(C)c(C)c(NCC3(C)COC(C)(C)OC3)c2N)cc1.COc1ccc(CN(Cc2ccc(OC)cc2)c2nc(C)c(C)c(NCC3(C)COC(C)(C)OC3)c2[N+](=O)[O-])cc1. The fraction of sp³-hybridized carbons (Fsp3) is 0.452. The van der Waals surface area contributed by atoms with E-state index in [0.717, 1.165) is 73.6 Å². The monoisotopic (exact) mass is 1100 g/mol. The minimum Gasteiger partial charge on any atom is -0.497 e. The van der Waals surface area contributed by atoms with Gasteiger partial charge in [-0.3, -0.25) is 10.1 Å². The maximum atomic E-state index is 12.7. The zero-order valence-corrected chi connectivity index (χ0v) is 49.2. The molecule has 430 valence electrons. The van der Waals surface area contributed by atoms with Crippen LogP contribution < -0.4 is 45.1 Å². The van der Waals surface area contributed by atoms with Gasteiger partial charge in [-0.1, -0.05) is 62.4 Å². The molecule has 18 heteroatoms. The number of methoxy groups -OCH3 is 4. The van der Waals surface area contributed by atoms with Crippen molar-refractivity contribution >= 4 is 34.4 Å². The predicted octanol–water partition coefficient (Wildman–Crippen LogP) is 11.7. The van der Waals surface area contributed by atoms with E-state index in [2.05, 4.69) is 53.6 Å². The third kappa shape index (κ3) is 15.5. The number of hydrogen-bond acceptors (Lipinski definition) is 17. The second-order valence-corrected chi connectivity index (χ2v) is 22.4. The summed E-state index contributed by atoms with van der Waals surface area (Å²) in [5.74, 6) is 2.97. The number of nitro groups is 1. The molecule has 0 radical (unpaired) electrons. The Morgan fingerprint density at radius 1 is 0.512 bits per heavy atom. The molecular formula is C62H82N8O10. The summed E-state index contributed by atoms with van der Waals surface area (Å²) in [6, 6.07) is 31.5. The Bertz CT molecular complexity index is 2910. The molecule has 18 nitrogen and oxygen atoms in total. The normalized spacial score (nSPS) is 15.8. The number of nitrogens with zero attached hydrogens (tertiary/aromatic N) is 5. The number of anilines is 5. The highest BCUT2D eigenvalue weighted by molar-refractivity contribution is 5.82. The van der Waals surface area contributed by atoms with Crippen molar-refractivity contribution in [3.63, 3.8) is 0 Å². The van der Waals surface area contributed by atoms with Gasteiger partial charge in [0.25, 0.3) is 0 Å². The maximum Gasteiger partial charge on any atom is 0.334 e. The van der Waals surface area contributed by atoms with Gasteiger partial charge in [-0.15, -0.1) is 0 Å². The van der Waals surface area contributed by atoms with E-state index in [1.54, 1.807) is 28.4 Å². The molecule has 4 heterocycles. The number of ether oxygens (including phenoxy) is 8. The van der Waals surface area contributed by atoms with Crippen LogP contribution in [-0.4, -0.2) is 94.4 Å². The summed E-state index contributed by atoms with van der Waals surface area (Å²) >= 11 is 0. The molecule has 4 aromatic carbocycles. The van der Waals surface area contributed by atoms with Gasteiger partial charge in [-0.05, 0) is 132 Å². The molecule has 0 bridgehead atoms. The van der Waals surface area contributed by atoms with Gasteiger partial charge in [-0.25, -0.2) is 9.97 Å². The number of pyridine rings is 2. The number of nitrogens with two attached hydrogens (primary N) is 1. The highest BCUT2D eigenvalue weighted by Crippen LogP contribution is 2.41. The van der Waals surface area contributed by atoms with E-state index in [1.165, 1.54) is 0 Å². The van der Waals surface area contributed by atoms with Crippen LogP contribution in [0.4, 0.5) is 34.4 Å². The topological polar surface area (TPSA) is 199 Å². The molecule has 0 spiro atoms. The fourth-order valence-electron chi connectivity index (χ4n) is 9.23. The van der Waals surface area contributed by atoms with Crippen molar-refractivity contribution in [2.24, 2.45) is 10.8 Å². The van der Waals surface area contributed by atoms with E-state index in [0.29, 0.717) is 88.6 Å². The van der Waals surface area contributed by atoms with Crippen molar-refractivity contribution in [1.29, 1.82) is 0 Å². The zero-order chi connectivity index (χ0) is 58.0. The van der Waals surface area contributed by atoms with Crippen LogP contribution in [0.3, 0.4) is 0 Å². The molecule has 2 aliphatic heterocycles. The second kappa shape index (κ2) is 25.8. The van der Waals surface area contributed by atoms with E-state index in [1.807, 2.05) is 133 Å². The molecular weight excluding hydrogens is 1020 g/mol. The molecule has 4 N–H and O–H groups in total. The van der Waals surface area contributed by atoms with Gasteiger partial charge in [0.2, 0.25) is 5.82 Å². The lowest BCUT2D eigenvalue weighted by Gasteiger charge is -2.41. The number of hydrogen-bond donors (Lipinski definition) is 3. The summed E-state index contributed by atoms with van der Waals surface area (Å²) < 4.78 is 45.0. The second-order valence-electron chi connectivity index (χ2n) is 22.4. The minimum absolute atomic E-state index is 0.0586. The van der Waals surface area contributed by atoms with Crippen LogP contribution in [0, 0.1) is 48.6 Å². The molecule has 0 aliphatic carbocycles. The Labute approximate surface area is 472 Å². The van der Waals surface area contributed by atoms with E-state index in [-0.39, 0.29) is 21.4 Å². The molecule has 8 rings (SSSR count). The summed E-state index contributed by atoms with van der Waals surface area (Å²) in [6.45, 7) is 25.0. The smallest absolute Gasteiger partial charge is 0.334 e. The number of benzene rings is 4. The van der Waals surface area contributed by atoms with Gasteiger partial charge < -0.3 is 64.1 Å². The zero-order valence-electron chi connectivity index (χ0n) is 49.2. The number of nitrogen functional groups attached to an aromatic ring is 1. The van der Waals surface area contributed by atoms with Gasteiger partial charge in [0.05, 0.1) is 71.2 Å². The van der Waals surface area contributed by atoms with E-state index in [9.17, 15) is 10.1 Å². The first kappa shape index (κ1) is 60.3. The summed E-state index contributed by atoms with van der Waals surface area (Å²) in [7, 11) is 6.58. The van der Waals surface area contributed by atoms with Crippen LogP contribution in [0.15, 0.2) is 97.1 Å². The maximum absolute atomic E-state index is 12.7. The Morgan fingerprint density at radius 2 is 0.800 bits per heavy atom. The third-order valence-electron chi connectivity index (χ3n) is 14.7. The van der Waals surface area contributed by atoms with E-state index >= 15 is 0 Å². The van der Waals surface area contributed by atoms with Crippen molar-refractivity contribution in [3.05, 3.63) is 152 Å². The van der Waals surface area contributed by atoms with E-state index in [4.69, 9.17) is 53.6 Å². The highest BCUT2D eigenvalue weighted by atomic mass is 16.7. The van der Waals surface area contributed by atoms with Gasteiger partial charge in [0.15, 0.2) is 17.4 Å². The molecule has 0 saturated carbocycles. The molecule has 6 aromatic rings. The van der Waals surface area contributed by atoms with Gasteiger partial charge >= 0.3 is 5.69 Å². The quantitative estimate of drug-likeness (QED) is 0.0454. The summed E-state index contributed by atoms with van der Waals surface area (Å²) in [6.07, 6.45) is 0. The third-order valence-corrected chi connectivity index (χ3v) is 14.7. The summed E-state index contributed by atoms with van der Waals surface area (Å²) in [5.41, 5.74) is 15.9. The number of aromatic nitrogens is 2. The fourth-order valence-corrected chi connectivity index (χ4v) is 9.23. The first-order valence-corrected chi connectivity index (χ1v) is 26.9. The highest BCUT2D eigenvalue weighted by Gasteiger charge is 2.39. The Kier molecular flexibility index (Phi) is 19.4. The summed E-state index contributed by atoms with van der Waals surface area (Å²) in [4.78, 5) is 26.3. The first-order chi connectivity index (χ1) is 38.0. The van der Waals surface area contributed by atoms with Crippen LogP contribution in [0.25, 0.3) is 0 Å². The standard InChI is InChI=1S/C31H40N4O6.C31H42N4O4/c1-21-22(2)33-29(28(35(36)37)27(21)32-18-31(5)19-40-30(3,4)41-20-31)34(16-23-8-12-25(38-6)13-9-23)17-24-10-14-26(39-7)15-11-24;1-21-22(2)34-29(27(32)28(21)33-18-31(5)19-38-30(3,4)39-20-31)35(16-23-8-12-25(36-6)13-9-23)17-24-10-14-26(37-7)15-11-24/h8-15H,16-20H2,1-7H3,(H,32,33);8-15H,16-20,32H2,1-7H3,(H,33,34). The Balaban J connectivity index is 0.000000231. The van der Waals surface area contributed by atoms with Crippen molar-refractivity contribution in [1.82, 2.24) is 9.97 Å². The summed E-state index contributed by atoms with van der Waals surface area (Å²) in [5, 5.41) is 19.7. The van der Waals surface area contributed by atoms with Crippen molar-refractivity contribution in [3.8, 4) is 23.0 Å². The first-order valence-electron chi connectivity index (χ1n) is 26.9. The van der Waals surface area contributed by atoms with Crippen molar-refractivity contribution in [2.75, 3.05) is 94.1 Å². The van der Waals surface area contributed by atoms with Crippen LogP contribution in [0.1, 0.15) is 86.3 Å². The molecule has 0 amide bonds. The molecule has 2 aromatic heterocycles. The lowest BCUT2D eigenvalue weighted by molar-refractivity contribution is -0.383.